The minimum Gasteiger partial charge on any atom is -0.456 e. The van der Waals surface area contributed by atoms with Gasteiger partial charge in [-0.3, -0.25) is 0 Å². The second-order valence-electron chi connectivity index (χ2n) is 14.7. The van der Waals surface area contributed by atoms with Gasteiger partial charge in [0.25, 0.3) is 0 Å². The molecule has 0 bridgehead atoms. The van der Waals surface area contributed by atoms with Crippen LogP contribution in [0.3, 0.4) is 0 Å². The van der Waals surface area contributed by atoms with Gasteiger partial charge in [-0.1, -0.05) is 219 Å². The van der Waals surface area contributed by atoms with Gasteiger partial charge in [0.2, 0.25) is 6.71 Å². The number of hydrogen-bond acceptors (Lipinski definition) is 1. The van der Waals surface area contributed by atoms with Crippen molar-refractivity contribution in [3.05, 3.63) is 211 Å². The van der Waals surface area contributed by atoms with Crippen molar-refractivity contribution in [3.8, 4) is 22.3 Å². The largest absolute Gasteiger partial charge is 0.456 e. The van der Waals surface area contributed by atoms with E-state index in [9.17, 15) is 0 Å². The molecule has 8 rings (SSSR count). The fraction of sp³-hybridized carbons (Fsp3) is 0.164. The van der Waals surface area contributed by atoms with Gasteiger partial charge in [0.05, 0.1) is 0 Å². The summed E-state index contributed by atoms with van der Waals surface area (Å²) in [6.07, 6.45) is 12.5. The van der Waals surface area contributed by atoms with Crippen molar-refractivity contribution in [2.75, 3.05) is 0 Å². The first-order valence-electron chi connectivity index (χ1n) is 20.4. The summed E-state index contributed by atoms with van der Waals surface area (Å²) < 4.78 is 6.16. The smallest absolute Gasteiger partial charge is 0.242 e. The van der Waals surface area contributed by atoms with Crippen molar-refractivity contribution in [3.63, 3.8) is 0 Å². The zero-order valence-electron chi connectivity index (χ0n) is 34.6. The third-order valence-electron chi connectivity index (χ3n) is 10.7. The average molecular weight is 743 g/mol. The Labute approximate surface area is 341 Å². The fourth-order valence-corrected chi connectivity index (χ4v) is 7.89. The number of benzene rings is 6. The van der Waals surface area contributed by atoms with Crippen LogP contribution in [0.2, 0.25) is 0 Å². The van der Waals surface area contributed by atoms with Gasteiger partial charge >= 0.3 is 0 Å². The predicted molar refractivity (Wildman–Crippen MR) is 252 cm³/mol. The number of aryl methyl sites for hydroxylation is 1. The highest BCUT2D eigenvalue weighted by Gasteiger charge is 2.34. The molecule has 284 valence electrons. The van der Waals surface area contributed by atoms with Gasteiger partial charge in [-0.25, -0.2) is 0 Å². The van der Waals surface area contributed by atoms with E-state index in [-0.39, 0.29) is 12.6 Å². The van der Waals surface area contributed by atoms with Gasteiger partial charge < -0.3 is 4.42 Å². The van der Waals surface area contributed by atoms with Gasteiger partial charge in [0.1, 0.15) is 11.2 Å². The van der Waals surface area contributed by atoms with E-state index in [1.165, 1.54) is 71.7 Å². The topological polar surface area (TPSA) is 13.1 Å². The molecule has 1 nitrogen and oxygen atoms in total. The molecule has 2 heteroatoms. The molecule has 0 N–H and O–H groups in total. The Morgan fingerprint density at radius 3 is 2.11 bits per heavy atom. The summed E-state index contributed by atoms with van der Waals surface area (Å²) in [5, 5.41) is 2.34. The highest BCUT2D eigenvalue weighted by atomic mass is 16.3. The third kappa shape index (κ3) is 9.14. The monoisotopic (exact) mass is 742 g/mol. The Morgan fingerprint density at radius 1 is 0.702 bits per heavy atom. The van der Waals surface area contributed by atoms with Crippen LogP contribution in [0.25, 0.3) is 44.2 Å². The Balaban J connectivity index is 0.000000307. The molecule has 57 heavy (non-hydrogen) atoms. The molecular weight excluding hydrogens is 687 g/mol. The van der Waals surface area contributed by atoms with E-state index < -0.39 is 0 Å². The van der Waals surface area contributed by atoms with Crippen LogP contribution in [0.1, 0.15) is 64.5 Å². The van der Waals surface area contributed by atoms with E-state index in [1.807, 2.05) is 44.2 Å². The lowest BCUT2D eigenvalue weighted by Gasteiger charge is -2.19. The summed E-state index contributed by atoms with van der Waals surface area (Å²) in [7, 11) is 0. The van der Waals surface area contributed by atoms with E-state index >= 15 is 0 Å². The Hall–Kier alpha value is -6.12. The maximum atomic E-state index is 6.16. The van der Waals surface area contributed by atoms with Crippen LogP contribution in [-0.2, 0) is 0 Å². The number of para-hydroxylation sites is 1. The van der Waals surface area contributed by atoms with Crippen LogP contribution in [0, 0.1) is 6.92 Å². The number of furan rings is 1. The molecule has 0 amide bonds. The van der Waals surface area contributed by atoms with E-state index in [0.717, 1.165) is 29.6 Å². The highest BCUT2D eigenvalue weighted by molar-refractivity contribution is 6.99. The first-order valence-corrected chi connectivity index (χ1v) is 20.4. The van der Waals surface area contributed by atoms with E-state index in [1.54, 1.807) is 0 Å². The number of allylic oxidation sites excluding steroid dienone is 8. The summed E-state index contributed by atoms with van der Waals surface area (Å²) in [6.45, 7) is 21.2. The van der Waals surface area contributed by atoms with Crippen LogP contribution >= 0.6 is 0 Å². The second-order valence-corrected chi connectivity index (χ2v) is 14.7. The maximum absolute atomic E-state index is 6.16. The SMILES string of the molecule is C=C/C=C\C(C(=C)CC(/C=C\CC)c1ccc2c(c1)B(c1ccc3oc4ccccc4c3c1)c1ccccc1-2)=C(C)C.CC.Cc1ccc(-c2ccccc2)cc1. The molecule has 1 aliphatic rings. The lowest BCUT2D eigenvalue weighted by molar-refractivity contribution is 0.669. The average Bonchev–Trinajstić information content (AvgIpc) is 3.79. The quantitative estimate of drug-likeness (QED) is 0.0773. The third-order valence-corrected chi connectivity index (χ3v) is 10.7. The molecule has 0 aliphatic carbocycles. The number of hydrogen-bond donors (Lipinski definition) is 0. The lowest BCUT2D eigenvalue weighted by Crippen LogP contribution is -2.48. The minimum atomic E-state index is 0.164. The van der Waals surface area contributed by atoms with Crippen molar-refractivity contribution in [2.24, 2.45) is 0 Å². The first-order chi connectivity index (χ1) is 27.9. The van der Waals surface area contributed by atoms with Crippen LogP contribution in [0.15, 0.2) is 204 Å². The van der Waals surface area contributed by atoms with Gasteiger partial charge in [0.15, 0.2) is 0 Å². The van der Waals surface area contributed by atoms with Crippen LogP contribution in [0.4, 0.5) is 0 Å². The maximum Gasteiger partial charge on any atom is 0.242 e. The van der Waals surface area contributed by atoms with Crippen molar-refractivity contribution in [2.45, 2.75) is 60.3 Å². The molecule has 1 unspecified atom stereocenters. The molecule has 0 spiro atoms. The molecule has 7 aromatic rings. The molecule has 0 saturated carbocycles. The molecule has 1 aromatic heterocycles. The van der Waals surface area contributed by atoms with Crippen molar-refractivity contribution >= 4 is 45.0 Å². The molecule has 0 fully saturated rings. The van der Waals surface area contributed by atoms with Gasteiger partial charge in [-0.15, -0.1) is 0 Å². The Bertz CT molecular complexity index is 2560. The predicted octanol–water partition coefficient (Wildman–Crippen LogP) is 13.8. The summed E-state index contributed by atoms with van der Waals surface area (Å²) in [6, 6.07) is 50.1. The molecule has 0 radical (unpaired) electrons. The van der Waals surface area contributed by atoms with E-state index in [0.29, 0.717) is 0 Å². The number of rotatable bonds is 10. The summed E-state index contributed by atoms with van der Waals surface area (Å²) in [5.74, 6) is 0.235. The molecule has 1 aliphatic heterocycles. The Morgan fingerprint density at radius 2 is 1.37 bits per heavy atom. The van der Waals surface area contributed by atoms with Gasteiger partial charge in [0, 0.05) is 16.7 Å². The van der Waals surface area contributed by atoms with E-state index in [4.69, 9.17) is 4.42 Å². The van der Waals surface area contributed by atoms with Crippen LogP contribution in [0.5, 0.6) is 0 Å². The van der Waals surface area contributed by atoms with Crippen LogP contribution < -0.4 is 16.4 Å². The molecule has 0 saturated heterocycles. The summed E-state index contributed by atoms with van der Waals surface area (Å²) >= 11 is 0. The van der Waals surface area contributed by atoms with E-state index in [2.05, 4.69) is 180 Å². The normalized spacial score (nSPS) is 12.1. The molecule has 6 aromatic carbocycles. The first kappa shape index (κ1) is 40.5. The van der Waals surface area contributed by atoms with Crippen LogP contribution in [-0.4, -0.2) is 6.71 Å². The highest BCUT2D eigenvalue weighted by Crippen LogP contribution is 2.33. The fourth-order valence-electron chi connectivity index (χ4n) is 7.89. The van der Waals surface area contributed by atoms with Crippen molar-refractivity contribution in [1.29, 1.82) is 0 Å². The van der Waals surface area contributed by atoms with Gasteiger partial charge in [-0.2, -0.15) is 0 Å². The van der Waals surface area contributed by atoms with Crippen molar-refractivity contribution in [1.82, 2.24) is 0 Å². The van der Waals surface area contributed by atoms with Crippen molar-refractivity contribution < 1.29 is 4.42 Å². The molecule has 2 heterocycles. The number of fused-ring (bicyclic) bond motifs is 6. The summed E-state index contributed by atoms with van der Waals surface area (Å²) in [5.41, 5.74) is 17.4. The summed E-state index contributed by atoms with van der Waals surface area (Å²) in [4.78, 5) is 0. The molecular formula is C55H55BO. The molecule has 1 atom stereocenters. The standard InChI is InChI=1S/C40H37BO.C13H12.C2H6/c1-6-8-14-29(24-28(5)32(27(3)4)15-9-7-2)30-20-22-34-33-16-10-12-18-37(33)41(38(34)25-30)31-21-23-40-36(26-31)35-17-11-13-19-39(35)42-40;1-11-7-9-13(10-8-11)12-5-3-2-4-6-12;1-2/h7-23,25-26,29H,2,5-6,24H2,1,3-4H3;2-10H,1H3;1-2H3/b14-8-,15-9-;;. The lowest BCUT2D eigenvalue weighted by atomic mass is 9.39. The van der Waals surface area contributed by atoms with Gasteiger partial charge in [-0.05, 0) is 84.7 Å². The minimum absolute atomic E-state index is 0.164. The zero-order valence-corrected chi connectivity index (χ0v) is 34.6. The zero-order chi connectivity index (χ0) is 40.3. The second kappa shape index (κ2) is 19.2. The Kier molecular flexibility index (Phi) is 13.6.